The van der Waals surface area contributed by atoms with Crippen LogP contribution >= 0.6 is 0 Å². The predicted octanol–water partition coefficient (Wildman–Crippen LogP) is 3.22. The third kappa shape index (κ3) is 2.47. The molecule has 0 aromatic heterocycles. The zero-order valence-corrected chi connectivity index (χ0v) is 10.5. The highest BCUT2D eigenvalue weighted by Crippen LogP contribution is 2.34. The molecule has 0 heterocycles. The normalized spacial score (nSPS) is 9.90. The van der Waals surface area contributed by atoms with Crippen LogP contribution in [-0.2, 0) is 0 Å². The van der Waals surface area contributed by atoms with E-state index in [1.165, 1.54) is 25.3 Å². The Morgan fingerprint density at radius 3 is 2.50 bits per heavy atom. The predicted molar refractivity (Wildman–Crippen MR) is 68.6 cm³/mol. The number of hydrogen-bond acceptors (Lipinski definition) is 4. The fraction of sp³-hybridized carbons (Fsp3) is 0.0714. The minimum atomic E-state index is -0.711. The van der Waals surface area contributed by atoms with Gasteiger partial charge in [-0.25, -0.2) is 8.78 Å². The molecule has 0 amide bonds. The summed E-state index contributed by atoms with van der Waals surface area (Å²) in [6.07, 6.45) is 0. The van der Waals surface area contributed by atoms with Crippen LogP contribution in [0.2, 0.25) is 0 Å². The van der Waals surface area contributed by atoms with Crippen LogP contribution in [0.3, 0.4) is 0 Å². The lowest BCUT2D eigenvalue weighted by molar-refractivity contribution is 0.382. The lowest BCUT2D eigenvalue weighted by Crippen LogP contribution is -1.98. The molecule has 2 aromatic carbocycles. The zero-order chi connectivity index (χ0) is 14.7. The van der Waals surface area contributed by atoms with Gasteiger partial charge in [0.2, 0.25) is 0 Å². The summed E-state index contributed by atoms with van der Waals surface area (Å²) in [5, 5.41) is 8.91. The van der Waals surface area contributed by atoms with Crippen LogP contribution in [0.25, 0.3) is 0 Å². The summed E-state index contributed by atoms with van der Waals surface area (Å²) in [4.78, 5) is 0. The first-order chi connectivity index (χ1) is 9.56. The van der Waals surface area contributed by atoms with Gasteiger partial charge in [-0.2, -0.15) is 5.26 Å². The van der Waals surface area contributed by atoms with Gasteiger partial charge >= 0.3 is 0 Å². The molecule has 0 aliphatic carbocycles. The minimum Gasteiger partial charge on any atom is -0.494 e. The number of nitrogen functional groups attached to an aromatic ring is 1. The van der Waals surface area contributed by atoms with Gasteiger partial charge in [-0.1, -0.05) is 6.07 Å². The van der Waals surface area contributed by atoms with Crippen molar-refractivity contribution in [2.24, 2.45) is 0 Å². The van der Waals surface area contributed by atoms with E-state index in [1.54, 1.807) is 6.07 Å². The van der Waals surface area contributed by atoms with Gasteiger partial charge in [-0.3, -0.25) is 0 Å². The van der Waals surface area contributed by atoms with Crippen molar-refractivity contribution < 1.29 is 18.3 Å². The average molecular weight is 276 g/mol. The summed E-state index contributed by atoms with van der Waals surface area (Å²) < 4.78 is 37.0. The molecule has 0 saturated carbocycles. The largest absolute Gasteiger partial charge is 0.494 e. The van der Waals surface area contributed by atoms with Crippen LogP contribution in [0, 0.1) is 23.0 Å². The molecule has 0 radical (unpaired) electrons. The van der Waals surface area contributed by atoms with Gasteiger partial charge in [0.05, 0.1) is 12.8 Å². The Hall–Kier alpha value is -2.81. The smallest absolute Gasteiger partial charge is 0.167 e. The van der Waals surface area contributed by atoms with Crippen molar-refractivity contribution in [2.45, 2.75) is 0 Å². The summed E-state index contributed by atoms with van der Waals surface area (Å²) in [6, 6.07) is 7.90. The van der Waals surface area contributed by atoms with E-state index in [0.717, 1.165) is 12.1 Å². The number of halogens is 2. The van der Waals surface area contributed by atoms with E-state index >= 15 is 0 Å². The summed E-state index contributed by atoms with van der Waals surface area (Å²) in [7, 11) is 1.29. The molecule has 0 aliphatic rings. The molecule has 0 spiro atoms. The number of nitriles is 1. The number of rotatable bonds is 3. The van der Waals surface area contributed by atoms with Gasteiger partial charge in [-0.15, -0.1) is 0 Å². The Labute approximate surface area is 114 Å². The number of anilines is 1. The average Bonchev–Trinajstić information content (AvgIpc) is 2.42. The number of ether oxygens (including phenoxy) is 2. The van der Waals surface area contributed by atoms with Crippen LogP contribution in [-0.4, -0.2) is 7.11 Å². The van der Waals surface area contributed by atoms with Crippen molar-refractivity contribution >= 4 is 5.69 Å². The molecule has 2 N–H and O–H groups in total. The summed E-state index contributed by atoms with van der Waals surface area (Å²) in [6.45, 7) is 0. The Balaban J connectivity index is 2.46. The van der Waals surface area contributed by atoms with Gasteiger partial charge in [0.15, 0.2) is 17.3 Å². The van der Waals surface area contributed by atoms with E-state index in [1.807, 2.05) is 0 Å². The minimum absolute atomic E-state index is 0.00661. The highest BCUT2D eigenvalue weighted by molar-refractivity contribution is 5.58. The van der Waals surface area contributed by atoms with E-state index in [9.17, 15) is 8.78 Å². The van der Waals surface area contributed by atoms with E-state index in [4.69, 9.17) is 20.5 Å². The molecule has 0 unspecified atom stereocenters. The van der Waals surface area contributed by atoms with Crippen molar-refractivity contribution in [1.29, 1.82) is 5.26 Å². The molecule has 102 valence electrons. The zero-order valence-electron chi connectivity index (χ0n) is 10.5. The van der Waals surface area contributed by atoms with Gasteiger partial charge < -0.3 is 15.2 Å². The second-order valence-electron chi connectivity index (χ2n) is 3.85. The third-order valence-corrected chi connectivity index (χ3v) is 2.59. The second kappa shape index (κ2) is 5.45. The number of nitrogens with two attached hydrogens (primary N) is 1. The molecule has 0 fully saturated rings. The summed E-state index contributed by atoms with van der Waals surface area (Å²) in [5.41, 5.74) is 5.38. The van der Waals surface area contributed by atoms with Gasteiger partial charge in [0.1, 0.15) is 23.2 Å². The molecule has 0 bridgehead atoms. The van der Waals surface area contributed by atoms with E-state index in [2.05, 4.69) is 0 Å². The standard InChI is InChI=1S/C14H10F2N2O2/c1-19-13-6-14(11(18)5-10(13)16)20-12-4-2-3-9(15)8(12)7-17/h2-6H,18H2,1H3. The molecule has 20 heavy (non-hydrogen) atoms. The van der Waals surface area contributed by atoms with Crippen molar-refractivity contribution in [3.05, 3.63) is 47.5 Å². The lowest BCUT2D eigenvalue weighted by Gasteiger charge is -2.12. The van der Waals surface area contributed by atoms with Crippen molar-refractivity contribution in [3.63, 3.8) is 0 Å². The first-order valence-electron chi connectivity index (χ1n) is 5.56. The highest BCUT2D eigenvalue weighted by atomic mass is 19.1. The molecule has 2 rings (SSSR count). The Morgan fingerprint density at radius 1 is 1.10 bits per heavy atom. The fourth-order valence-electron chi connectivity index (χ4n) is 1.61. The maximum Gasteiger partial charge on any atom is 0.167 e. The fourth-order valence-corrected chi connectivity index (χ4v) is 1.61. The topological polar surface area (TPSA) is 68.3 Å². The number of hydrogen-bond donors (Lipinski definition) is 1. The van der Waals surface area contributed by atoms with Gasteiger partial charge in [-0.05, 0) is 12.1 Å². The summed E-state index contributed by atoms with van der Waals surface area (Å²) in [5.74, 6) is -1.35. The quantitative estimate of drug-likeness (QED) is 0.874. The molecular weight excluding hydrogens is 266 g/mol. The Bertz CT molecular complexity index is 696. The monoisotopic (exact) mass is 276 g/mol. The van der Waals surface area contributed by atoms with Crippen LogP contribution in [0.1, 0.15) is 5.56 Å². The van der Waals surface area contributed by atoms with Crippen LogP contribution in [0.4, 0.5) is 14.5 Å². The molecule has 4 nitrogen and oxygen atoms in total. The van der Waals surface area contributed by atoms with Crippen LogP contribution in [0.5, 0.6) is 17.2 Å². The lowest BCUT2D eigenvalue weighted by atomic mass is 10.2. The van der Waals surface area contributed by atoms with E-state index in [-0.39, 0.29) is 28.5 Å². The number of benzene rings is 2. The summed E-state index contributed by atoms with van der Waals surface area (Å²) >= 11 is 0. The van der Waals surface area contributed by atoms with Gasteiger partial charge in [0.25, 0.3) is 0 Å². The van der Waals surface area contributed by atoms with Gasteiger partial charge in [0, 0.05) is 12.1 Å². The van der Waals surface area contributed by atoms with E-state index < -0.39 is 11.6 Å². The van der Waals surface area contributed by atoms with Crippen LogP contribution < -0.4 is 15.2 Å². The maximum atomic E-state index is 13.4. The van der Waals surface area contributed by atoms with Crippen LogP contribution in [0.15, 0.2) is 30.3 Å². The molecule has 6 heteroatoms. The van der Waals surface area contributed by atoms with Crippen molar-refractivity contribution in [2.75, 3.05) is 12.8 Å². The first-order valence-corrected chi connectivity index (χ1v) is 5.56. The molecule has 2 aromatic rings. The van der Waals surface area contributed by atoms with E-state index in [0.29, 0.717) is 0 Å². The third-order valence-electron chi connectivity index (χ3n) is 2.59. The SMILES string of the molecule is COc1cc(Oc2cccc(F)c2C#N)c(N)cc1F. The number of nitrogens with zero attached hydrogens (tertiary/aromatic N) is 1. The molecule has 0 saturated heterocycles. The number of methoxy groups -OCH3 is 1. The van der Waals surface area contributed by atoms with Crippen molar-refractivity contribution in [3.8, 4) is 23.3 Å². The first kappa shape index (κ1) is 13.6. The highest BCUT2D eigenvalue weighted by Gasteiger charge is 2.14. The molecule has 0 aliphatic heterocycles. The Morgan fingerprint density at radius 2 is 1.85 bits per heavy atom. The Kier molecular flexibility index (Phi) is 3.71. The maximum absolute atomic E-state index is 13.4. The second-order valence-corrected chi connectivity index (χ2v) is 3.85. The molecular formula is C14H10F2N2O2. The van der Waals surface area contributed by atoms with Crippen molar-refractivity contribution in [1.82, 2.24) is 0 Å². The molecule has 0 atom stereocenters.